The van der Waals surface area contributed by atoms with Crippen LogP contribution in [0.2, 0.25) is 0 Å². The maximum Gasteiger partial charge on any atom is 0.225 e. The van der Waals surface area contributed by atoms with Crippen molar-refractivity contribution in [1.29, 1.82) is 0 Å². The summed E-state index contributed by atoms with van der Waals surface area (Å²) in [6, 6.07) is 0. The second kappa shape index (κ2) is 5.43. The molecule has 1 aromatic rings. The van der Waals surface area contributed by atoms with E-state index in [1.807, 2.05) is 12.4 Å². The van der Waals surface area contributed by atoms with Crippen molar-refractivity contribution in [3.8, 4) is 0 Å². The maximum atomic E-state index is 11.1. The lowest BCUT2D eigenvalue weighted by Gasteiger charge is -2.43. The third kappa shape index (κ3) is 2.66. The van der Waals surface area contributed by atoms with Crippen LogP contribution in [-0.2, 0) is 5.60 Å². The van der Waals surface area contributed by atoms with E-state index in [9.17, 15) is 5.11 Å². The molecule has 4 rings (SSSR count). The molecule has 5 heteroatoms. The molecule has 4 nitrogen and oxygen atoms in total. The maximum absolute atomic E-state index is 11.1. The minimum absolute atomic E-state index is 0.612. The van der Waals surface area contributed by atoms with E-state index in [1.54, 1.807) is 0 Å². The molecular weight excluding hydrogens is 282 g/mol. The molecule has 2 atom stereocenters. The smallest absolute Gasteiger partial charge is 0.225 e. The van der Waals surface area contributed by atoms with Gasteiger partial charge in [0.2, 0.25) is 5.95 Å². The Bertz CT molecular complexity index is 489. The number of hydrogen-bond acceptors (Lipinski definition) is 5. The van der Waals surface area contributed by atoms with E-state index in [1.165, 1.54) is 32.1 Å². The summed E-state index contributed by atoms with van der Waals surface area (Å²) in [5.74, 6) is 0.824. The van der Waals surface area contributed by atoms with Gasteiger partial charge in [-0.3, -0.25) is 0 Å². The predicted octanol–water partition coefficient (Wildman–Crippen LogP) is 2.71. The van der Waals surface area contributed by atoms with E-state index in [0.717, 1.165) is 37.4 Å². The van der Waals surface area contributed by atoms with Crippen LogP contribution in [0.3, 0.4) is 0 Å². The first-order valence-electron chi connectivity index (χ1n) is 8.18. The normalized spacial score (nSPS) is 36.0. The van der Waals surface area contributed by atoms with Gasteiger partial charge in [0, 0.05) is 41.5 Å². The number of aromatic nitrogens is 2. The fourth-order valence-electron chi connectivity index (χ4n) is 4.00. The fraction of sp³-hybridized carbons (Fsp3) is 0.750. The standard InChI is InChI=1S/C16H23N3OS/c20-16(8-13-4-3-5-14(9-16)21-13)12-10-17-15(18-11-12)19-6-1-2-7-19/h10-11,13-14,20H,1-9H2. The minimum atomic E-state index is -0.704. The highest BCUT2D eigenvalue weighted by atomic mass is 32.2. The van der Waals surface area contributed by atoms with Gasteiger partial charge in [0.1, 0.15) is 0 Å². The lowest BCUT2D eigenvalue weighted by molar-refractivity contribution is 0.00751. The van der Waals surface area contributed by atoms with Crippen LogP contribution in [0.5, 0.6) is 0 Å². The molecule has 3 aliphatic heterocycles. The van der Waals surface area contributed by atoms with Crippen LogP contribution in [0, 0.1) is 0 Å². The predicted molar refractivity (Wildman–Crippen MR) is 85.6 cm³/mol. The molecule has 3 aliphatic rings. The molecule has 1 aromatic heterocycles. The molecule has 3 saturated heterocycles. The van der Waals surface area contributed by atoms with Crippen LogP contribution in [0.15, 0.2) is 12.4 Å². The molecule has 2 unspecified atom stereocenters. The molecule has 21 heavy (non-hydrogen) atoms. The number of anilines is 1. The van der Waals surface area contributed by atoms with E-state index in [-0.39, 0.29) is 0 Å². The number of thioether (sulfide) groups is 1. The molecule has 1 N–H and O–H groups in total. The highest BCUT2D eigenvalue weighted by Crippen LogP contribution is 2.49. The highest BCUT2D eigenvalue weighted by molar-refractivity contribution is 8.00. The Balaban J connectivity index is 1.54. The zero-order valence-corrected chi connectivity index (χ0v) is 13.2. The summed E-state index contributed by atoms with van der Waals surface area (Å²) in [6.45, 7) is 2.12. The van der Waals surface area contributed by atoms with E-state index in [0.29, 0.717) is 10.5 Å². The van der Waals surface area contributed by atoms with E-state index in [2.05, 4.69) is 26.6 Å². The Morgan fingerprint density at radius 2 is 1.67 bits per heavy atom. The summed E-state index contributed by atoms with van der Waals surface area (Å²) in [6.07, 6.45) is 11.7. The van der Waals surface area contributed by atoms with Crippen LogP contribution < -0.4 is 4.90 Å². The molecule has 0 radical (unpaired) electrons. The third-order valence-electron chi connectivity index (χ3n) is 5.13. The van der Waals surface area contributed by atoms with Crippen LogP contribution in [0.4, 0.5) is 5.95 Å². The van der Waals surface area contributed by atoms with Gasteiger partial charge in [-0.1, -0.05) is 6.42 Å². The Morgan fingerprint density at radius 3 is 2.29 bits per heavy atom. The van der Waals surface area contributed by atoms with Gasteiger partial charge in [0.05, 0.1) is 5.60 Å². The summed E-state index contributed by atoms with van der Waals surface area (Å²) in [7, 11) is 0. The first-order chi connectivity index (χ1) is 10.2. The molecule has 0 aromatic carbocycles. The lowest BCUT2D eigenvalue weighted by Crippen LogP contribution is -2.40. The Hall–Kier alpha value is -0.810. The van der Waals surface area contributed by atoms with Gasteiger partial charge in [0.15, 0.2) is 0 Å². The fourth-order valence-corrected chi connectivity index (χ4v) is 5.89. The minimum Gasteiger partial charge on any atom is -0.385 e. The molecule has 0 saturated carbocycles. The van der Waals surface area contributed by atoms with Crippen molar-refractivity contribution in [3.63, 3.8) is 0 Å². The Kier molecular flexibility index (Phi) is 3.58. The Labute approximate surface area is 130 Å². The van der Waals surface area contributed by atoms with Gasteiger partial charge < -0.3 is 10.0 Å². The van der Waals surface area contributed by atoms with E-state index < -0.39 is 5.60 Å². The average Bonchev–Trinajstić information content (AvgIpc) is 3.01. The van der Waals surface area contributed by atoms with Crippen molar-refractivity contribution in [1.82, 2.24) is 9.97 Å². The average molecular weight is 305 g/mol. The van der Waals surface area contributed by atoms with Crippen molar-refractivity contribution < 1.29 is 5.11 Å². The van der Waals surface area contributed by atoms with Gasteiger partial charge in [-0.25, -0.2) is 9.97 Å². The number of fused-ring (bicyclic) bond motifs is 2. The molecule has 2 bridgehead atoms. The molecule has 0 amide bonds. The number of hydrogen-bond donors (Lipinski definition) is 1. The zero-order valence-electron chi connectivity index (χ0n) is 12.4. The van der Waals surface area contributed by atoms with Crippen LogP contribution in [0.25, 0.3) is 0 Å². The second-order valence-electron chi connectivity index (χ2n) is 6.72. The molecule has 4 heterocycles. The zero-order chi connectivity index (χ0) is 14.3. The van der Waals surface area contributed by atoms with Crippen molar-refractivity contribution in [2.24, 2.45) is 0 Å². The third-order valence-corrected chi connectivity index (χ3v) is 6.71. The SMILES string of the molecule is OC1(c2cnc(N3CCCC3)nc2)CC2CCCC(C1)S2. The summed E-state index contributed by atoms with van der Waals surface area (Å²) in [4.78, 5) is 11.3. The first kappa shape index (κ1) is 13.8. The largest absolute Gasteiger partial charge is 0.385 e. The van der Waals surface area contributed by atoms with Crippen molar-refractivity contribution in [2.45, 2.75) is 61.0 Å². The van der Waals surface area contributed by atoms with Gasteiger partial charge in [0.25, 0.3) is 0 Å². The number of rotatable bonds is 2. The van der Waals surface area contributed by atoms with Crippen molar-refractivity contribution in [3.05, 3.63) is 18.0 Å². The van der Waals surface area contributed by atoms with E-state index in [4.69, 9.17) is 0 Å². The highest BCUT2D eigenvalue weighted by Gasteiger charge is 2.42. The summed E-state index contributed by atoms with van der Waals surface area (Å²) >= 11 is 2.08. The van der Waals surface area contributed by atoms with Crippen LogP contribution in [-0.4, -0.2) is 38.7 Å². The van der Waals surface area contributed by atoms with Crippen LogP contribution >= 0.6 is 11.8 Å². The van der Waals surface area contributed by atoms with E-state index >= 15 is 0 Å². The second-order valence-corrected chi connectivity index (χ2v) is 8.32. The molecule has 114 valence electrons. The monoisotopic (exact) mass is 305 g/mol. The number of aliphatic hydroxyl groups is 1. The van der Waals surface area contributed by atoms with Gasteiger partial charge in [-0.15, -0.1) is 0 Å². The quantitative estimate of drug-likeness (QED) is 0.910. The molecule has 0 spiro atoms. The summed E-state index contributed by atoms with van der Waals surface area (Å²) < 4.78 is 0. The molecule has 0 aliphatic carbocycles. The Morgan fingerprint density at radius 1 is 1.05 bits per heavy atom. The molecule has 3 fully saturated rings. The summed E-state index contributed by atoms with van der Waals surface area (Å²) in [5, 5.41) is 12.3. The van der Waals surface area contributed by atoms with Gasteiger partial charge >= 0.3 is 0 Å². The molecular formula is C16H23N3OS. The first-order valence-corrected chi connectivity index (χ1v) is 9.12. The van der Waals surface area contributed by atoms with Crippen molar-refractivity contribution >= 4 is 17.7 Å². The van der Waals surface area contributed by atoms with Gasteiger partial charge in [-0.05, 0) is 38.5 Å². The van der Waals surface area contributed by atoms with Crippen molar-refractivity contribution in [2.75, 3.05) is 18.0 Å². The summed E-state index contributed by atoms with van der Waals surface area (Å²) in [5.41, 5.74) is 0.215. The topological polar surface area (TPSA) is 49.3 Å². The lowest BCUT2D eigenvalue weighted by atomic mass is 9.81. The van der Waals surface area contributed by atoms with Gasteiger partial charge in [-0.2, -0.15) is 11.8 Å². The van der Waals surface area contributed by atoms with Crippen LogP contribution in [0.1, 0.15) is 50.5 Å². The number of nitrogens with zero attached hydrogens (tertiary/aromatic N) is 3.